The van der Waals surface area contributed by atoms with Crippen molar-refractivity contribution in [1.29, 1.82) is 0 Å². The number of ether oxygens (including phenoxy) is 2. The van der Waals surface area contributed by atoms with Crippen LogP contribution in [0.25, 0.3) is 0 Å². The maximum Gasteiger partial charge on any atom is 0.411 e. The van der Waals surface area contributed by atoms with E-state index in [1.807, 2.05) is 42.5 Å². The van der Waals surface area contributed by atoms with Gasteiger partial charge in [-0.3, -0.25) is 5.32 Å². The molecule has 0 saturated carbocycles. The molecule has 1 aliphatic heterocycles. The van der Waals surface area contributed by atoms with E-state index in [1.54, 1.807) is 6.26 Å². The minimum atomic E-state index is -0.434. The Morgan fingerprint density at radius 1 is 1.21 bits per heavy atom. The van der Waals surface area contributed by atoms with Crippen molar-refractivity contribution in [2.45, 2.75) is 26.9 Å². The summed E-state index contributed by atoms with van der Waals surface area (Å²) in [5, 5.41) is 2.79. The third-order valence-electron chi connectivity index (χ3n) is 6.56. The van der Waals surface area contributed by atoms with E-state index in [2.05, 4.69) is 32.2 Å². The van der Waals surface area contributed by atoms with Gasteiger partial charge < -0.3 is 13.9 Å². The summed E-state index contributed by atoms with van der Waals surface area (Å²) in [6.45, 7) is 7.44. The Balaban J connectivity index is 1.51. The number of hydrogen-bond donors (Lipinski definition) is 1. The van der Waals surface area contributed by atoms with E-state index < -0.39 is 6.09 Å². The van der Waals surface area contributed by atoms with E-state index in [-0.39, 0.29) is 23.4 Å². The van der Waals surface area contributed by atoms with E-state index >= 15 is 0 Å². The minimum absolute atomic E-state index is 0.0972. The third-order valence-corrected chi connectivity index (χ3v) is 6.56. The lowest BCUT2D eigenvalue weighted by molar-refractivity contribution is -0.169. The van der Waals surface area contributed by atoms with Gasteiger partial charge in [0.05, 0.1) is 12.9 Å². The number of carbonyl (C=O) groups is 1. The Labute approximate surface area is 165 Å². The predicted octanol–water partition coefficient (Wildman–Crippen LogP) is 5.43. The van der Waals surface area contributed by atoms with E-state index in [4.69, 9.17) is 13.9 Å². The number of carbonyl (C=O) groups excluding carboxylic acids is 1. The molecule has 1 fully saturated rings. The SMILES string of the molecule is CC1=C[C@H](C)[C@]2(COC(=O)Nc3ccccc3)CO[C@@H](c3ccco3)[C@H]1[C@H]2C. The highest BCUT2D eigenvalue weighted by molar-refractivity contribution is 5.84. The average Bonchev–Trinajstić information content (AvgIpc) is 3.21. The van der Waals surface area contributed by atoms with Gasteiger partial charge in [0.1, 0.15) is 18.5 Å². The molecule has 0 radical (unpaired) electrons. The molecule has 4 rings (SSSR count). The molecule has 1 aromatic carbocycles. The van der Waals surface area contributed by atoms with Gasteiger partial charge in [-0.2, -0.15) is 0 Å². The zero-order valence-electron chi connectivity index (χ0n) is 16.6. The molecule has 1 amide bonds. The molecule has 1 N–H and O–H groups in total. The zero-order valence-corrected chi connectivity index (χ0v) is 16.6. The van der Waals surface area contributed by atoms with Gasteiger partial charge in [0, 0.05) is 17.0 Å². The first-order valence-corrected chi connectivity index (χ1v) is 9.83. The summed E-state index contributed by atoms with van der Waals surface area (Å²) in [5.41, 5.74) is 1.79. The summed E-state index contributed by atoms with van der Waals surface area (Å²) >= 11 is 0. The van der Waals surface area contributed by atoms with Crippen LogP contribution in [0.2, 0.25) is 0 Å². The molecule has 1 aliphatic carbocycles. The highest BCUT2D eigenvalue weighted by Crippen LogP contribution is 2.56. The number of benzene rings is 1. The van der Waals surface area contributed by atoms with Gasteiger partial charge >= 0.3 is 6.09 Å². The largest absolute Gasteiger partial charge is 0.467 e. The van der Waals surface area contributed by atoms with Gasteiger partial charge in [-0.05, 0) is 43.0 Å². The Bertz CT molecular complexity index is 845. The van der Waals surface area contributed by atoms with Crippen LogP contribution in [0.4, 0.5) is 10.5 Å². The summed E-state index contributed by atoms with van der Waals surface area (Å²) in [6, 6.07) is 13.2. The highest BCUT2D eigenvalue weighted by atomic mass is 16.6. The van der Waals surface area contributed by atoms with Crippen LogP contribution in [0.5, 0.6) is 0 Å². The van der Waals surface area contributed by atoms with Crippen molar-refractivity contribution in [3.8, 4) is 0 Å². The van der Waals surface area contributed by atoms with Gasteiger partial charge in [-0.25, -0.2) is 4.79 Å². The molecule has 5 atom stereocenters. The predicted molar refractivity (Wildman–Crippen MR) is 107 cm³/mol. The molecule has 2 heterocycles. The molecule has 1 saturated heterocycles. The Hall–Kier alpha value is -2.53. The summed E-state index contributed by atoms with van der Waals surface area (Å²) in [7, 11) is 0. The number of para-hydroxylation sites is 1. The summed E-state index contributed by atoms with van der Waals surface area (Å²) in [5.74, 6) is 1.61. The topological polar surface area (TPSA) is 60.7 Å². The number of allylic oxidation sites excluding steroid dienone is 1. The smallest absolute Gasteiger partial charge is 0.411 e. The fraction of sp³-hybridized carbons (Fsp3) is 0.435. The average molecular weight is 381 g/mol. The number of furan rings is 1. The van der Waals surface area contributed by atoms with Crippen molar-refractivity contribution in [3.63, 3.8) is 0 Å². The molecular formula is C23H27NO4. The van der Waals surface area contributed by atoms with Crippen molar-refractivity contribution < 1.29 is 18.7 Å². The second-order valence-corrected chi connectivity index (χ2v) is 8.06. The van der Waals surface area contributed by atoms with Crippen molar-refractivity contribution in [1.82, 2.24) is 0 Å². The highest BCUT2D eigenvalue weighted by Gasteiger charge is 2.55. The van der Waals surface area contributed by atoms with Gasteiger partial charge in [-0.1, -0.05) is 43.7 Å². The number of fused-ring (bicyclic) bond motifs is 2. The molecular weight excluding hydrogens is 354 g/mol. The first-order valence-electron chi connectivity index (χ1n) is 9.83. The molecule has 5 heteroatoms. The van der Waals surface area contributed by atoms with Crippen LogP contribution in [0.1, 0.15) is 32.6 Å². The van der Waals surface area contributed by atoms with Crippen molar-refractivity contribution >= 4 is 11.8 Å². The molecule has 28 heavy (non-hydrogen) atoms. The molecule has 0 unspecified atom stereocenters. The van der Waals surface area contributed by atoms with Crippen LogP contribution in [0.15, 0.2) is 64.8 Å². The standard InChI is InChI=1S/C23H27NO4/c1-15-12-16(2)23(14-28-22(25)24-18-8-5-4-6-9-18)13-27-21(20(15)17(23)3)19-10-7-11-26-19/h4-12,16-17,20-21H,13-14H2,1-3H3,(H,24,25)/t16-,17+,20+,21-,23+/m0/s1. The van der Waals surface area contributed by atoms with Gasteiger partial charge in [0.15, 0.2) is 0 Å². The molecule has 2 bridgehead atoms. The van der Waals surface area contributed by atoms with E-state index in [0.29, 0.717) is 19.1 Å². The van der Waals surface area contributed by atoms with Crippen molar-refractivity contribution in [3.05, 3.63) is 66.1 Å². The lowest BCUT2D eigenvalue weighted by atomic mass is 9.56. The molecule has 1 aromatic heterocycles. The fourth-order valence-electron chi connectivity index (χ4n) is 4.84. The quantitative estimate of drug-likeness (QED) is 0.717. The molecule has 5 nitrogen and oxygen atoms in total. The fourth-order valence-corrected chi connectivity index (χ4v) is 4.84. The normalized spacial score (nSPS) is 31.8. The molecule has 0 spiro atoms. The van der Waals surface area contributed by atoms with Crippen LogP contribution in [0.3, 0.4) is 0 Å². The minimum Gasteiger partial charge on any atom is -0.467 e. The monoisotopic (exact) mass is 381 g/mol. The number of rotatable bonds is 4. The molecule has 2 aromatic rings. The number of anilines is 1. The van der Waals surface area contributed by atoms with Gasteiger partial charge in [-0.15, -0.1) is 0 Å². The Morgan fingerprint density at radius 2 is 2.00 bits per heavy atom. The second-order valence-electron chi connectivity index (χ2n) is 8.06. The Kier molecular flexibility index (Phi) is 5.02. The lowest BCUT2D eigenvalue weighted by Gasteiger charge is -2.54. The maximum absolute atomic E-state index is 12.3. The second kappa shape index (κ2) is 7.47. The van der Waals surface area contributed by atoms with Crippen LogP contribution in [-0.4, -0.2) is 19.3 Å². The molecule has 2 aliphatic rings. The van der Waals surface area contributed by atoms with Gasteiger partial charge in [0.2, 0.25) is 0 Å². The summed E-state index contributed by atoms with van der Waals surface area (Å²) in [4.78, 5) is 12.3. The van der Waals surface area contributed by atoms with E-state index in [0.717, 1.165) is 11.4 Å². The third kappa shape index (κ3) is 3.24. The van der Waals surface area contributed by atoms with E-state index in [1.165, 1.54) is 5.57 Å². The van der Waals surface area contributed by atoms with Crippen LogP contribution < -0.4 is 5.32 Å². The number of hydrogen-bond acceptors (Lipinski definition) is 4. The van der Waals surface area contributed by atoms with Crippen molar-refractivity contribution in [2.24, 2.45) is 23.2 Å². The first-order chi connectivity index (χ1) is 13.5. The zero-order chi connectivity index (χ0) is 19.7. The maximum atomic E-state index is 12.3. The molecule has 148 valence electrons. The van der Waals surface area contributed by atoms with Crippen LogP contribution in [0, 0.1) is 23.2 Å². The van der Waals surface area contributed by atoms with E-state index in [9.17, 15) is 4.79 Å². The lowest BCUT2D eigenvalue weighted by Crippen LogP contribution is -2.54. The van der Waals surface area contributed by atoms with Crippen molar-refractivity contribution in [2.75, 3.05) is 18.5 Å². The first kappa shape index (κ1) is 18.8. The Morgan fingerprint density at radius 3 is 2.71 bits per heavy atom. The van der Waals surface area contributed by atoms with Crippen LogP contribution in [-0.2, 0) is 9.47 Å². The summed E-state index contributed by atoms with van der Waals surface area (Å²) < 4.78 is 17.6. The van der Waals surface area contributed by atoms with Crippen LogP contribution >= 0.6 is 0 Å². The van der Waals surface area contributed by atoms with Gasteiger partial charge in [0.25, 0.3) is 0 Å². The summed E-state index contributed by atoms with van der Waals surface area (Å²) in [6.07, 6.45) is 3.46. The number of nitrogens with one attached hydrogen (secondary N) is 1. The number of amides is 1.